The minimum Gasteiger partial charge on any atom is -0.261 e. The summed E-state index contributed by atoms with van der Waals surface area (Å²) in [6, 6.07) is 28.4. The summed E-state index contributed by atoms with van der Waals surface area (Å²) in [5, 5.41) is 0.930. The molecule has 2 heterocycles. The predicted molar refractivity (Wildman–Crippen MR) is 127 cm³/mol. The Balaban J connectivity index is 1.71. The van der Waals surface area contributed by atoms with Gasteiger partial charge in [0.25, 0.3) is 10.0 Å². The molecule has 0 saturated heterocycles. The van der Waals surface area contributed by atoms with Crippen LogP contribution in [0, 0.1) is 0 Å². The largest absolute Gasteiger partial charge is 0.264 e. The van der Waals surface area contributed by atoms with Crippen molar-refractivity contribution < 1.29 is 8.42 Å². The molecule has 0 N–H and O–H groups in total. The lowest BCUT2D eigenvalue weighted by Crippen LogP contribution is -2.33. The van der Waals surface area contributed by atoms with E-state index >= 15 is 0 Å². The fourth-order valence-corrected chi connectivity index (χ4v) is 6.00. The molecule has 0 radical (unpaired) electrons. The number of hydrogen-bond donors (Lipinski definition) is 0. The summed E-state index contributed by atoms with van der Waals surface area (Å²) in [6.45, 7) is 0.241. The van der Waals surface area contributed by atoms with E-state index in [1.165, 1.54) is 4.31 Å². The summed E-state index contributed by atoms with van der Waals surface area (Å²) in [5.41, 5.74) is 5.32. The standard InChI is InChI=1S/C25H20N2O2S2/c1-30-25-22(18-10-4-2-5-11-18)16-19-17-27(31(28,29)20-12-6-3-7-13-20)23-15-9-8-14-21(23)24(19)26-25/h2-16H,17H2,1H3. The third-order valence-electron chi connectivity index (χ3n) is 5.42. The van der Waals surface area contributed by atoms with Crippen LogP contribution in [0.2, 0.25) is 0 Å². The number of aromatic nitrogens is 1. The molecule has 4 nitrogen and oxygen atoms in total. The molecule has 0 spiro atoms. The number of rotatable bonds is 4. The van der Waals surface area contributed by atoms with E-state index in [1.807, 2.05) is 54.8 Å². The summed E-state index contributed by atoms with van der Waals surface area (Å²) in [7, 11) is -3.71. The molecule has 5 rings (SSSR count). The van der Waals surface area contributed by atoms with Gasteiger partial charge in [0.2, 0.25) is 0 Å². The number of fused-ring (bicyclic) bond motifs is 3. The van der Waals surface area contributed by atoms with Gasteiger partial charge in [-0.1, -0.05) is 66.7 Å². The summed E-state index contributed by atoms with van der Waals surface area (Å²) in [5.74, 6) is 0. The fraction of sp³-hybridized carbons (Fsp3) is 0.0800. The van der Waals surface area contributed by atoms with Gasteiger partial charge in [-0.05, 0) is 41.6 Å². The molecule has 0 unspecified atom stereocenters. The van der Waals surface area contributed by atoms with E-state index in [0.29, 0.717) is 5.69 Å². The van der Waals surface area contributed by atoms with Crippen LogP contribution in [0.1, 0.15) is 5.56 Å². The Morgan fingerprint density at radius 1 is 0.839 bits per heavy atom. The molecule has 1 aliphatic rings. The summed E-state index contributed by atoms with van der Waals surface area (Å²) in [6.07, 6.45) is 2.02. The lowest BCUT2D eigenvalue weighted by atomic mass is 9.97. The molecule has 0 atom stereocenters. The van der Waals surface area contributed by atoms with Gasteiger partial charge in [-0.15, -0.1) is 11.8 Å². The number of benzene rings is 3. The van der Waals surface area contributed by atoms with Crippen LogP contribution in [-0.2, 0) is 16.6 Å². The van der Waals surface area contributed by atoms with Crippen molar-refractivity contribution in [1.82, 2.24) is 4.98 Å². The maximum absolute atomic E-state index is 13.5. The van der Waals surface area contributed by atoms with Gasteiger partial charge in [-0.2, -0.15) is 0 Å². The van der Waals surface area contributed by atoms with Crippen molar-refractivity contribution in [2.75, 3.05) is 10.6 Å². The van der Waals surface area contributed by atoms with Crippen LogP contribution >= 0.6 is 11.8 Å². The van der Waals surface area contributed by atoms with Crippen LogP contribution in [0.25, 0.3) is 22.4 Å². The molecule has 0 saturated carbocycles. The number of anilines is 1. The molecule has 0 aliphatic carbocycles. The van der Waals surface area contributed by atoms with E-state index in [2.05, 4.69) is 18.2 Å². The number of thioether (sulfide) groups is 1. The Morgan fingerprint density at radius 2 is 1.48 bits per heavy atom. The summed E-state index contributed by atoms with van der Waals surface area (Å²) in [4.78, 5) is 5.26. The van der Waals surface area contributed by atoms with Crippen molar-refractivity contribution >= 4 is 27.5 Å². The van der Waals surface area contributed by atoms with Crippen molar-refractivity contribution in [3.63, 3.8) is 0 Å². The predicted octanol–water partition coefficient (Wildman–Crippen LogP) is 5.85. The van der Waals surface area contributed by atoms with Crippen molar-refractivity contribution in [1.29, 1.82) is 0 Å². The van der Waals surface area contributed by atoms with E-state index in [9.17, 15) is 8.42 Å². The van der Waals surface area contributed by atoms with Crippen molar-refractivity contribution in [3.05, 3.63) is 96.6 Å². The zero-order valence-electron chi connectivity index (χ0n) is 16.9. The van der Waals surface area contributed by atoms with Crippen LogP contribution in [0.15, 0.2) is 101 Å². The molecule has 3 aromatic carbocycles. The third kappa shape index (κ3) is 3.42. The number of para-hydroxylation sites is 1. The Hall–Kier alpha value is -3.09. The Kier molecular flexibility index (Phi) is 5.04. The molecular weight excluding hydrogens is 424 g/mol. The van der Waals surface area contributed by atoms with E-state index in [4.69, 9.17) is 4.98 Å². The SMILES string of the molecule is CSc1nc2c(cc1-c1ccccc1)CN(S(=O)(=O)c1ccccc1)c1ccccc1-2. The van der Waals surface area contributed by atoms with Crippen LogP contribution in [0.4, 0.5) is 5.69 Å². The zero-order valence-corrected chi connectivity index (χ0v) is 18.5. The number of hydrogen-bond acceptors (Lipinski definition) is 4. The van der Waals surface area contributed by atoms with Crippen LogP contribution in [-0.4, -0.2) is 19.7 Å². The summed E-state index contributed by atoms with van der Waals surface area (Å²) >= 11 is 1.60. The minimum atomic E-state index is -3.71. The Morgan fingerprint density at radius 3 is 2.19 bits per heavy atom. The molecule has 1 aliphatic heterocycles. The van der Waals surface area contributed by atoms with Gasteiger partial charge in [0.15, 0.2) is 0 Å². The molecule has 154 valence electrons. The third-order valence-corrected chi connectivity index (χ3v) is 7.89. The van der Waals surface area contributed by atoms with Gasteiger partial charge in [0, 0.05) is 11.1 Å². The second-order valence-corrected chi connectivity index (χ2v) is 9.92. The second-order valence-electron chi connectivity index (χ2n) is 7.26. The minimum absolute atomic E-state index is 0.241. The molecule has 0 bridgehead atoms. The second kappa shape index (κ2) is 7.87. The highest BCUT2D eigenvalue weighted by molar-refractivity contribution is 7.98. The van der Waals surface area contributed by atoms with Gasteiger partial charge in [0.1, 0.15) is 5.03 Å². The smallest absolute Gasteiger partial charge is 0.261 e. The monoisotopic (exact) mass is 444 g/mol. The highest BCUT2D eigenvalue weighted by Crippen LogP contribution is 2.43. The zero-order chi connectivity index (χ0) is 21.4. The summed E-state index contributed by atoms with van der Waals surface area (Å²) < 4.78 is 28.6. The van der Waals surface area contributed by atoms with Gasteiger partial charge in [-0.3, -0.25) is 4.31 Å². The highest BCUT2D eigenvalue weighted by Gasteiger charge is 2.33. The molecule has 31 heavy (non-hydrogen) atoms. The molecule has 0 amide bonds. The molecule has 6 heteroatoms. The Labute approximate surface area is 186 Å². The van der Waals surface area contributed by atoms with E-state index in [0.717, 1.165) is 33.0 Å². The molecule has 4 aromatic rings. The molecule has 1 aromatic heterocycles. The first-order valence-electron chi connectivity index (χ1n) is 9.90. The van der Waals surface area contributed by atoms with E-state index < -0.39 is 10.0 Å². The van der Waals surface area contributed by atoms with Gasteiger partial charge in [-0.25, -0.2) is 13.4 Å². The van der Waals surface area contributed by atoms with Crippen LogP contribution < -0.4 is 4.31 Å². The lowest BCUT2D eigenvalue weighted by molar-refractivity contribution is 0.590. The number of pyridine rings is 1. The molecule has 0 fully saturated rings. The number of sulfonamides is 1. The van der Waals surface area contributed by atoms with E-state index in [1.54, 1.807) is 36.0 Å². The molecular formula is C25H20N2O2S2. The average Bonchev–Trinajstić information content (AvgIpc) is 2.83. The topological polar surface area (TPSA) is 50.3 Å². The maximum atomic E-state index is 13.5. The van der Waals surface area contributed by atoms with E-state index in [-0.39, 0.29) is 11.4 Å². The quantitative estimate of drug-likeness (QED) is 0.371. The van der Waals surface area contributed by atoms with Gasteiger partial charge in [0.05, 0.1) is 22.8 Å². The first-order chi connectivity index (χ1) is 15.1. The lowest BCUT2D eigenvalue weighted by Gasteiger charge is -2.32. The maximum Gasteiger partial charge on any atom is 0.264 e. The van der Waals surface area contributed by atoms with Crippen molar-refractivity contribution in [2.24, 2.45) is 0 Å². The number of nitrogens with zero attached hydrogens (tertiary/aromatic N) is 2. The first kappa shape index (κ1) is 19.8. The van der Waals surface area contributed by atoms with Crippen LogP contribution in [0.5, 0.6) is 0 Å². The fourth-order valence-electron chi connectivity index (χ4n) is 3.94. The Bertz CT molecular complexity index is 1360. The normalized spacial score (nSPS) is 12.9. The van der Waals surface area contributed by atoms with Crippen LogP contribution in [0.3, 0.4) is 0 Å². The average molecular weight is 445 g/mol. The first-order valence-corrected chi connectivity index (χ1v) is 12.6. The highest BCUT2D eigenvalue weighted by atomic mass is 32.2. The van der Waals surface area contributed by atoms with Crippen molar-refractivity contribution in [3.8, 4) is 22.4 Å². The van der Waals surface area contributed by atoms with Crippen molar-refractivity contribution in [2.45, 2.75) is 16.5 Å². The van der Waals surface area contributed by atoms with Gasteiger partial charge < -0.3 is 0 Å². The van der Waals surface area contributed by atoms with Gasteiger partial charge >= 0.3 is 0 Å².